The number of aryl methyl sites for hydroxylation is 1. The number of carbonyl (C=O) groups is 1. The number of nitrogens with zero attached hydrogens (tertiary/aromatic N) is 1. The molecule has 1 aromatic rings. The van der Waals surface area contributed by atoms with Crippen molar-refractivity contribution in [2.24, 2.45) is 11.7 Å². The van der Waals surface area contributed by atoms with Crippen LogP contribution in [0.5, 0.6) is 0 Å². The van der Waals surface area contributed by atoms with Gasteiger partial charge in [-0.3, -0.25) is 4.79 Å². The molecule has 4 nitrogen and oxygen atoms in total. The second-order valence-electron chi connectivity index (χ2n) is 4.77. The molecular weight excluding hydrogens is 285 g/mol. The number of hydrogen-bond acceptors (Lipinski definition) is 3. The summed E-state index contributed by atoms with van der Waals surface area (Å²) >= 11 is 0. The van der Waals surface area contributed by atoms with Crippen LogP contribution < -0.4 is 11.1 Å². The molecule has 6 heteroatoms. The molecule has 2 atom stereocenters. The summed E-state index contributed by atoms with van der Waals surface area (Å²) in [5.41, 5.74) is 6.85. The molecule has 0 radical (unpaired) electrons. The van der Waals surface area contributed by atoms with Crippen LogP contribution in [0.4, 0.5) is 5.82 Å². The first kappa shape index (κ1) is 18.2. The third-order valence-electron chi connectivity index (χ3n) is 3.32. The average molecular weight is 306 g/mol. The van der Waals surface area contributed by atoms with Crippen LogP contribution in [0.3, 0.4) is 0 Å². The Bertz CT molecular complexity index is 415. The molecule has 1 fully saturated rings. The zero-order valence-corrected chi connectivity index (χ0v) is 12.6. The highest BCUT2D eigenvalue weighted by Gasteiger charge is 2.26. The van der Waals surface area contributed by atoms with E-state index in [0.717, 1.165) is 25.0 Å². The summed E-state index contributed by atoms with van der Waals surface area (Å²) in [6.07, 6.45) is 3.76. The second-order valence-corrected chi connectivity index (χ2v) is 4.77. The Kier molecular flexibility index (Phi) is 7.99. The van der Waals surface area contributed by atoms with E-state index in [1.165, 1.54) is 0 Å². The van der Waals surface area contributed by atoms with Gasteiger partial charge in [-0.25, -0.2) is 4.98 Å². The summed E-state index contributed by atoms with van der Waals surface area (Å²) in [5.74, 6) is 0.979. The first-order chi connectivity index (χ1) is 8.15. The van der Waals surface area contributed by atoms with Crippen molar-refractivity contribution in [2.45, 2.75) is 38.6 Å². The average Bonchev–Trinajstić information content (AvgIpc) is 2.64. The van der Waals surface area contributed by atoms with E-state index >= 15 is 0 Å². The van der Waals surface area contributed by atoms with Gasteiger partial charge >= 0.3 is 0 Å². The van der Waals surface area contributed by atoms with E-state index in [4.69, 9.17) is 5.73 Å². The first-order valence-corrected chi connectivity index (χ1v) is 6.14. The van der Waals surface area contributed by atoms with Gasteiger partial charge in [0.15, 0.2) is 0 Å². The Morgan fingerprint density at radius 2 is 2.16 bits per heavy atom. The third kappa shape index (κ3) is 5.35. The van der Waals surface area contributed by atoms with Gasteiger partial charge in [0.25, 0.3) is 0 Å². The molecule has 0 aromatic carbocycles. The van der Waals surface area contributed by atoms with Crippen molar-refractivity contribution in [3.63, 3.8) is 0 Å². The monoisotopic (exact) mass is 305 g/mol. The van der Waals surface area contributed by atoms with E-state index in [9.17, 15) is 4.79 Å². The van der Waals surface area contributed by atoms with Crippen LogP contribution in [0.2, 0.25) is 0 Å². The fourth-order valence-electron chi connectivity index (χ4n) is 2.36. The molecular formula is C13H21Cl2N3O. The van der Waals surface area contributed by atoms with Crippen molar-refractivity contribution < 1.29 is 4.79 Å². The smallest absolute Gasteiger partial charge is 0.225 e. The molecule has 1 aliphatic carbocycles. The predicted octanol–water partition coefficient (Wildman–Crippen LogP) is 2.69. The van der Waals surface area contributed by atoms with Crippen molar-refractivity contribution in [1.82, 2.24) is 4.98 Å². The highest BCUT2D eigenvalue weighted by molar-refractivity contribution is 5.89. The lowest BCUT2D eigenvalue weighted by atomic mass is 10.00. The van der Waals surface area contributed by atoms with E-state index in [0.29, 0.717) is 18.2 Å². The normalized spacial score (nSPS) is 21.2. The van der Waals surface area contributed by atoms with Gasteiger partial charge in [-0.1, -0.05) is 12.5 Å². The fraction of sp³-hybridized carbons (Fsp3) is 0.538. The second kappa shape index (κ2) is 8.35. The Balaban J connectivity index is 0.00000162. The van der Waals surface area contributed by atoms with Crippen LogP contribution in [-0.2, 0) is 4.79 Å². The summed E-state index contributed by atoms with van der Waals surface area (Å²) in [6, 6.07) is 5.78. The summed E-state index contributed by atoms with van der Waals surface area (Å²) in [7, 11) is 0. The lowest BCUT2D eigenvalue weighted by molar-refractivity contribution is -0.117. The van der Waals surface area contributed by atoms with E-state index in [1.807, 2.05) is 19.1 Å². The lowest BCUT2D eigenvalue weighted by Gasteiger charge is -2.14. The summed E-state index contributed by atoms with van der Waals surface area (Å²) in [5, 5.41) is 2.82. The van der Waals surface area contributed by atoms with Gasteiger partial charge in [0, 0.05) is 18.2 Å². The number of aromatic nitrogens is 1. The van der Waals surface area contributed by atoms with Gasteiger partial charge in [0.2, 0.25) is 5.91 Å². The lowest BCUT2D eigenvalue weighted by Crippen LogP contribution is -2.28. The van der Waals surface area contributed by atoms with Crippen molar-refractivity contribution in [1.29, 1.82) is 0 Å². The maximum Gasteiger partial charge on any atom is 0.225 e. The van der Waals surface area contributed by atoms with Crippen molar-refractivity contribution in [3.8, 4) is 0 Å². The number of pyridine rings is 1. The maximum atomic E-state index is 11.8. The van der Waals surface area contributed by atoms with E-state index < -0.39 is 0 Å². The number of nitrogens with one attached hydrogen (secondary N) is 1. The minimum atomic E-state index is 0. The van der Waals surface area contributed by atoms with Crippen LogP contribution in [0.25, 0.3) is 0 Å². The van der Waals surface area contributed by atoms with Crippen molar-refractivity contribution >= 4 is 36.5 Å². The quantitative estimate of drug-likeness (QED) is 0.902. The van der Waals surface area contributed by atoms with Gasteiger partial charge in [-0.2, -0.15) is 0 Å². The third-order valence-corrected chi connectivity index (χ3v) is 3.32. The summed E-state index contributed by atoms with van der Waals surface area (Å²) < 4.78 is 0. The number of rotatable bonds is 3. The molecule has 1 aliphatic rings. The van der Waals surface area contributed by atoms with Crippen molar-refractivity contribution in [2.75, 3.05) is 5.32 Å². The molecule has 1 saturated carbocycles. The van der Waals surface area contributed by atoms with Crippen LogP contribution >= 0.6 is 24.8 Å². The van der Waals surface area contributed by atoms with E-state index in [-0.39, 0.29) is 36.8 Å². The number of nitrogens with two attached hydrogens (primary N) is 1. The number of carbonyl (C=O) groups excluding carboxylic acids is 1. The highest BCUT2D eigenvalue weighted by Crippen LogP contribution is 2.26. The Labute approximate surface area is 126 Å². The van der Waals surface area contributed by atoms with E-state index in [1.54, 1.807) is 6.07 Å². The van der Waals surface area contributed by atoms with Gasteiger partial charge < -0.3 is 11.1 Å². The fourth-order valence-corrected chi connectivity index (χ4v) is 2.36. The van der Waals surface area contributed by atoms with Gasteiger partial charge in [0.05, 0.1) is 0 Å². The topological polar surface area (TPSA) is 68.0 Å². The minimum absolute atomic E-state index is 0. The van der Waals surface area contributed by atoms with Crippen LogP contribution in [-0.4, -0.2) is 16.9 Å². The number of anilines is 1. The molecule has 1 aromatic heterocycles. The molecule has 0 unspecified atom stereocenters. The van der Waals surface area contributed by atoms with Crippen molar-refractivity contribution in [3.05, 3.63) is 23.9 Å². The summed E-state index contributed by atoms with van der Waals surface area (Å²) in [6.45, 7) is 1.91. The highest BCUT2D eigenvalue weighted by atomic mass is 35.5. The molecule has 108 valence electrons. The number of hydrogen-bond donors (Lipinski definition) is 2. The molecule has 0 saturated heterocycles. The van der Waals surface area contributed by atoms with Gasteiger partial charge in [-0.05, 0) is 37.8 Å². The first-order valence-electron chi connectivity index (χ1n) is 6.14. The largest absolute Gasteiger partial charge is 0.327 e. The molecule has 0 bridgehead atoms. The Morgan fingerprint density at radius 3 is 2.74 bits per heavy atom. The van der Waals surface area contributed by atoms with Crippen LogP contribution in [0, 0.1) is 12.8 Å². The summed E-state index contributed by atoms with van der Waals surface area (Å²) in [4.78, 5) is 16.1. The zero-order valence-electron chi connectivity index (χ0n) is 11.0. The van der Waals surface area contributed by atoms with Crippen LogP contribution in [0.15, 0.2) is 18.2 Å². The Morgan fingerprint density at radius 1 is 1.42 bits per heavy atom. The van der Waals surface area contributed by atoms with E-state index in [2.05, 4.69) is 10.3 Å². The molecule has 0 spiro atoms. The maximum absolute atomic E-state index is 11.8. The molecule has 2 rings (SSSR count). The Hall–Kier alpha value is -0.840. The van der Waals surface area contributed by atoms with Gasteiger partial charge in [0.1, 0.15) is 5.82 Å². The zero-order chi connectivity index (χ0) is 12.3. The molecule has 1 amide bonds. The standard InChI is InChI=1S/C13H19N3O.2ClH/c1-9-4-2-7-12(15-9)16-13(17)8-10-5-3-6-11(10)14;;/h2,4,7,10-11H,3,5-6,8,14H2,1H3,(H,15,16,17);2*1H/t10-,11+;;/m0../s1. The molecule has 1 heterocycles. The minimum Gasteiger partial charge on any atom is -0.327 e. The predicted molar refractivity (Wildman–Crippen MR) is 82.0 cm³/mol. The molecule has 0 aliphatic heterocycles. The SMILES string of the molecule is Cc1cccc(NC(=O)C[C@@H]2CCC[C@H]2N)n1.Cl.Cl. The van der Waals surface area contributed by atoms with Crippen LogP contribution in [0.1, 0.15) is 31.4 Å². The molecule has 19 heavy (non-hydrogen) atoms. The molecule has 3 N–H and O–H groups in total. The van der Waals surface area contributed by atoms with Gasteiger partial charge in [-0.15, -0.1) is 24.8 Å². The number of amides is 1. The number of halogens is 2.